The maximum Gasteiger partial charge on any atom is 0.0543 e. The second-order valence-electron chi connectivity index (χ2n) is 6.42. The lowest BCUT2D eigenvalue weighted by Crippen LogP contribution is -2.30. The van der Waals surface area contributed by atoms with E-state index in [1.165, 1.54) is 22.8 Å². The first-order valence-electron chi connectivity index (χ1n) is 8.12. The minimum Gasteiger partial charge on any atom is -0.393 e. The molecule has 2 N–H and O–H groups in total. The molecule has 0 heterocycles. The minimum absolute atomic E-state index is 0.0819. The molecule has 0 aromatic heterocycles. The molecule has 1 saturated carbocycles. The normalized spacial score (nSPS) is 24.1. The van der Waals surface area contributed by atoms with Gasteiger partial charge in [0.05, 0.1) is 6.10 Å². The average molecular weight is 283 g/mol. The molecule has 3 rings (SSSR count). The van der Waals surface area contributed by atoms with Gasteiger partial charge in [0, 0.05) is 6.04 Å². The van der Waals surface area contributed by atoms with Crippen LogP contribution in [0, 0.1) is 5.92 Å². The van der Waals surface area contributed by atoms with Crippen LogP contribution in [0.25, 0.3) is 10.8 Å². The van der Waals surface area contributed by atoms with Crippen LogP contribution in [0.3, 0.4) is 0 Å². The lowest BCUT2D eigenvalue weighted by atomic mass is 9.87. The van der Waals surface area contributed by atoms with E-state index in [1.54, 1.807) is 0 Å². The summed E-state index contributed by atoms with van der Waals surface area (Å²) in [5.41, 5.74) is 1.34. The van der Waals surface area contributed by atoms with Crippen molar-refractivity contribution >= 4 is 10.8 Å². The molecule has 3 atom stereocenters. The molecular formula is C19H25NO. The fourth-order valence-electron chi connectivity index (χ4n) is 3.39. The van der Waals surface area contributed by atoms with E-state index >= 15 is 0 Å². The monoisotopic (exact) mass is 283 g/mol. The third-order valence-corrected chi connectivity index (χ3v) is 4.74. The van der Waals surface area contributed by atoms with Gasteiger partial charge in [-0.15, -0.1) is 0 Å². The highest BCUT2D eigenvalue weighted by atomic mass is 16.3. The van der Waals surface area contributed by atoms with E-state index in [4.69, 9.17) is 0 Å². The second kappa shape index (κ2) is 6.59. The molecule has 2 aromatic carbocycles. The molecule has 1 aliphatic rings. The SMILES string of the molecule is CC(NCC1CCCC(O)C1)c1ccc2ccccc2c1. The number of fused-ring (bicyclic) bond motifs is 1. The molecule has 21 heavy (non-hydrogen) atoms. The molecule has 0 bridgehead atoms. The first kappa shape index (κ1) is 14.6. The Morgan fingerprint density at radius 2 is 1.95 bits per heavy atom. The zero-order chi connectivity index (χ0) is 14.7. The summed E-state index contributed by atoms with van der Waals surface area (Å²) in [6.07, 6.45) is 4.27. The van der Waals surface area contributed by atoms with Gasteiger partial charge in [-0.25, -0.2) is 0 Å². The largest absolute Gasteiger partial charge is 0.393 e. The number of hydrogen-bond acceptors (Lipinski definition) is 2. The van der Waals surface area contributed by atoms with E-state index in [0.717, 1.165) is 25.8 Å². The lowest BCUT2D eigenvalue weighted by molar-refractivity contribution is 0.0998. The Hall–Kier alpha value is -1.38. The molecule has 0 saturated heterocycles. The highest BCUT2D eigenvalue weighted by Crippen LogP contribution is 2.25. The van der Waals surface area contributed by atoms with Crippen LogP contribution in [-0.4, -0.2) is 17.8 Å². The molecule has 112 valence electrons. The Labute approximate surface area is 127 Å². The Morgan fingerprint density at radius 1 is 1.14 bits per heavy atom. The third-order valence-electron chi connectivity index (χ3n) is 4.74. The summed E-state index contributed by atoms with van der Waals surface area (Å²) in [7, 11) is 0. The van der Waals surface area contributed by atoms with Gasteiger partial charge in [-0.3, -0.25) is 0 Å². The lowest BCUT2D eigenvalue weighted by Gasteiger charge is -2.27. The highest BCUT2D eigenvalue weighted by molar-refractivity contribution is 5.83. The Morgan fingerprint density at radius 3 is 2.76 bits per heavy atom. The maximum absolute atomic E-state index is 9.75. The molecule has 1 aliphatic carbocycles. The Kier molecular flexibility index (Phi) is 4.57. The van der Waals surface area contributed by atoms with Crippen molar-refractivity contribution in [1.29, 1.82) is 0 Å². The van der Waals surface area contributed by atoms with Crippen LogP contribution in [0.2, 0.25) is 0 Å². The van der Waals surface area contributed by atoms with Crippen LogP contribution in [0.15, 0.2) is 42.5 Å². The molecule has 2 heteroatoms. The van der Waals surface area contributed by atoms with Crippen molar-refractivity contribution < 1.29 is 5.11 Å². The third kappa shape index (κ3) is 3.63. The summed E-state index contributed by atoms with van der Waals surface area (Å²) in [6.45, 7) is 3.23. The van der Waals surface area contributed by atoms with E-state index in [2.05, 4.69) is 54.7 Å². The molecular weight excluding hydrogens is 258 g/mol. The highest BCUT2D eigenvalue weighted by Gasteiger charge is 2.20. The van der Waals surface area contributed by atoms with Crippen LogP contribution < -0.4 is 5.32 Å². The molecule has 0 amide bonds. The summed E-state index contributed by atoms with van der Waals surface area (Å²) < 4.78 is 0. The van der Waals surface area contributed by atoms with Crippen molar-refractivity contribution in [2.75, 3.05) is 6.54 Å². The number of aliphatic hydroxyl groups is 1. The van der Waals surface area contributed by atoms with Crippen molar-refractivity contribution in [1.82, 2.24) is 5.32 Å². The summed E-state index contributed by atoms with van der Waals surface area (Å²) >= 11 is 0. The quantitative estimate of drug-likeness (QED) is 0.887. The van der Waals surface area contributed by atoms with Crippen LogP contribution in [-0.2, 0) is 0 Å². The predicted octanol–water partition coefficient (Wildman–Crippen LogP) is 4.04. The van der Waals surface area contributed by atoms with Crippen LogP contribution in [0.5, 0.6) is 0 Å². The summed E-state index contributed by atoms with van der Waals surface area (Å²) in [4.78, 5) is 0. The maximum atomic E-state index is 9.75. The van der Waals surface area contributed by atoms with Gasteiger partial charge < -0.3 is 10.4 Å². The van der Waals surface area contributed by atoms with Crippen molar-refractivity contribution in [2.45, 2.75) is 44.8 Å². The zero-order valence-electron chi connectivity index (χ0n) is 12.8. The minimum atomic E-state index is -0.0819. The Bertz CT molecular complexity index is 595. The summed E-state index contributed by atoms with van der Waals surface area (Å²) in [6, 6.07) is 15.6. The van der Waals surface area contributed by atoms with Gasteiger partial charge in [0.2, 0.25) is 0 Å². The van der Waals surface area contributed by atoms with E-state index in [0.29, 0.717) is 12.0 Å². The van der Waals surface area contributed by atoms with Crippen LogP contribution in [0.1, 0.15) is 44.2 Å². The fraction of sp³-hybridized carbons (Fsp3) is 0.474. The van der Waals surface area contributed by atoms with Gasteiger partial charge in [-0.1, -0.05) is 42.8 Å². The zero-order valence-corrected chi connectivity index (χ0v) is 12.8. The number of aliphatic hydroxyl groups excluding tert-OH is 1. The first-order valence-corrected chi connectivity index (χ1v) is 8.12. The van der Waals surface area contributed by atoms with Gasteiger partial charge in [-0.05, 0) is 61.1 Å². The molecule has 3 unspecified atom stereocenters. The van der Waals surface area contributed by atoms with Crippen molar-refractivity contribution in [3.63, 3.8) is 0 Å². The predicted molar refractivity (Wildman–Crippen MR) is 88.3 cm³/mol. The van der Waals surface area contributed by atoms with Gasteiger partial charge in [-0.2, -0.15) is 0 Å². The molecule has 1 fully saturated rings. The Balaban J connectivity index is 1.62. The van der Waals surface area contributed by atoms with E-state index in [1.807, 2.05) is 0 Å². The number of nitrogens with one attached hydrogen (secondary N) is 1. The summed E-state index contributed by atoms with van der Waals surface area (Å²) in [5.74, 6) is 0.622. The van der Waals surface area contributed by atoms with Gasteiger partial charge in [0.25, 0.3) is 0 Å². The smallest absolute Gasteiger partial charge is 0.0543 e. The van der Waals surface area contributed by atoms with E-state index in [9.17, 15) is 5.11 Å². The first-order chi connectivity index (χ1) is 10.2. The van der Waals surface area contributed by atoms with Gasteiger partial charge in [0.1, 0.15) is 0 Å². The number of rotatable bonds is 4. The van der Waals surface area contributed by atoms with Gasteiger partial charge >= 0.3 is 0 Å². The second-order valence-corrected chi connectivity index (χ2v) is 6.42. The number of hydrogen-bond donors (Lipinski definition) is 2. The van der Waals surface area contributed by atoms with Crippen molar-refractivity contribution in [2.24, 2.45) is 5.92 Å². The summed E-state index contributed by atoms with van der Waals surface area (Å²) in [5, 5.41) is 16.0. The molecule has 2 aromatic rings. The van der Waals surface area contributed by atoms with Crippen molar-refractivity contribution in [3.8, 4) is 0 Å². The standard InChI is InChI=1S/C19H25NO/c1-14(20-13-15-5-4-8-19(21)11-15)17-10-9-16-6-2-3-7-18(16)12-17/h2-3,6-7,9-10,12,14-15,19-21H,4-5,8,11,13H2,1H3. The molecule has 0 radical (unpaired) electrons. The molecule has 2 nitrogen and oxygen atoms in total. The van der Waals surface area contributed by atoms with Crippen LogP contribution >= 0.6 is 0 Å². The molecule has 0 spiro atoms. The van der Waals surface area contributed by atoms with Crippen molar-refractivity contribution in [3.05, 3.63) is 48.0 Å². The van der Waals surface area contributed by atoms with Gasteiger partial charge in [0.15, 0.2) is 0 Å². The fourth-order valence-corrected chi connectivity index (χ4v) is 3.39. The average Bonchev–Trinajstić information content (AvgIpc) is 2.52. The van der Waals surface area contributed by atoms with E-state index in [-0.39, 0.29) is 6.10 Å². The van der Waals surface area contributed by atoms with Crippen LogP contribution in [0.4, 0.5) is 0 Å². The topological polar surface area (TPSA) is 32.3 Å². The molecule has 0 aliphatic heterocycles. The number of benzene rings is 2. The van der Waals surface area contributed by atoms with E-state index < -0.39 is 0 Å².